The van der Waals surface area contributed by atoms with Gasteiger partial charge < -0.3 is 9.84 Å². The summed E-state index contributed by atoms with van der Waals surface area (Å²) in [6.45, 7) is 0. The Kier molecular flexibility index (Phi) is 3.87. The van der Waals surface area contributed by atoms with Crippen molar-refractivity contribution in [2.45, 2.75) is 12.2 Å². The van der Waals surface area contributed by atoms with E-state index in [4.69, 9.17) is 16.7 Å². The van der Waals surface area contributed by atoms with Crippen LogP contribution < -0.4 is 4.74 Å². The Bertz CT molecular complexity index is 372. The van der Waals surface area contributed by atoms with Crippen LogP contribution in [0.15, 0.2) is 6.20 Å². The minimum absolute atomic E-state index is 0.0730. The SMILES string of the molecule is Oc1cnc(CCl)c(OC(F)(F)F)c1I. The van der Waals surface area contributed by atoms with Gasteiger partial charge in [-0.3, -0.25) is 4.98 Å². The molecule has 84 valence electrons. The van der Waals surface area contributed by atoms with E-state index < -0.39 is 12.1 Å². The number of alkyl halides is 4. The van der Waals surface area contributed by atoms with Crippen molar-refractivity contribution in [1.82, 2.24) is 4.98 Å². The van der Waals surface area contributed by atoms with E-state index in [9.17, 15) is 13.2 Å². The molecule has 1 aromatic heterocycles. The molecule has 0 aliphatic rings. The molecule has 3 nitrogen and oxygen atoms in total. The molecule has 0 spiro atoms. The molecule has 0 amide bonds. The summed E-state index contributed by atoms with van der Waals surface area (Å²) in [4.78, 5) is 3.53. The van der Waals surface area contributed by atoms with Crippen LogP contribution in [0.1, 0.15) is 5.69 Å². The standard InChI is InChI=1S/C7H4ClF3INO2/c8-1-3-6(15-7(9,10)11)5(12)4(14)2-13-3/h2,14H,1H2. The minimum Gasteiger partial charge on any atom is -0.505 e. The van der Waals surface area contributed by atoms with Crippen LogP contribution in [0, 0.1) is 3.57 Å². The molecule has 0 saturated carbocycles. The predicted molar refractivity (Wildman–Crippen MR) is 54.9 cm³/mol. The highest BCUT2D eigenvalue weighted by Crippen LogP contribution is 2.35. The van der Waals surface area contributed by atoms with Gasteiger partial charge in [-0.05, 0) is 22.6 Å². The fraction of sp³-hybridized carbons (Fsp3) is 0.286. The van der Waals surface area contributed by atoms with Crippen molar-refractivity contribution in [1.29, 1.82) is 0 Å². The maximum Gasteiger partial charge on any atom is 0.573 e. The van der Waals surface area contributed by atoms with Gasteiger partial charge in [-0.25, -0.2) is 0 Å². The molecule has 0 fully saturated rings. The molecule has 0 saturated heterocycles. The van der Waals surface area contributed by atoms with Gasteiger partial charge >= 0.3 is 6.36 Å². The highest BCUT2D eigenvalue weighted by molar-refractivity contribution is 14.1. The fourth-order valence-electron chi connectivity index (χ4n) is 0.812. The second kappa shape index (κ2) is 4.60. The molecule has 1 aromatic rings. The summed E-state index contributed by atoms with van der Waals surface area (Å²) in [6.07, 6.45) is -3.82. The van der Waals surface area contributed by atoms with Gasteiger partial charge in [-0.1, -0.05) is 0 Å². The molecule has 8 heteroatoms. The van der Waals surface area contributed by atoms with Crippen molar-refractivity contribution in [3.05, 3.63) is 15.5 Å². The second-order valence-electron chi connectivity index (χ2n) is 2.41. The van der Waals surface area contributed by atoms with Crippen LogP contribution in [0.5, 0.6) is 11.5 Å². The van der Waals surface area contributed by atoms with Crippen molar-refractivity contribution in [3.63, 3.8) is 0 Å². The lowest BCUT2D eigenvalue weighted by molar-refractivity contribution is -0.275. The van der Waals surface area contributed by atoms with E-state index >= 15 is 0 Å². The largest absolute Gasteiger partial charge is 0.573 e. The second-order valence-corrected chi connectivity index (χ2v) is 3.76. The van der Waals surface area contributed by atoms with Crippen molar-refractivity contribution >= 4 is 34.2 Å². The number of hydrogen-bond acceptors (Lipinski definition) is 3. The zero-order valence-electron chi connectivity index (χ0n) is 6.98. The molecule has 1 N–H and O–H groups in total. The number of aromatic nitrogens is 1. The lowest BCUT2D eigenvalue weighted by Crippen LogP contribution is -2.19. The fourth-order valence-corrected chi connectivity index (χ4v) is 1.56. The first-order valence-corrected chi connectivity index (χ1v) is 5.14. The van der Waals surface area contributed by atoms with Crippen molar-refractivity contribution < 1.29 is 23.0 Å². The molecule has 0 aliphatic carbocycles. The first kappa shape index (κ1) is 12.6. The molecule has 1 rings (SSSR count). The van der Waals surface area contributed by atoms with E-state index in [1.807, 2.05) is 0 Å². The lowest BCUT2D eigenvalue weighted by atomic mass is 10.3. The first-order valence-electron chi connectivity index (χ1n) is 3.53. The van der Waals surface area contributed by atoms with Crippen LogP contribution in [0.3, 0.4) is 0 Å². The topological polar surface area (TPSA) is 42.4 Å². The molecule has 15 heavy (non-hydrogen) atoms. The number of rotatable bonds is 2. The summed E-state index contributed by atoms with van der Waals surface area (Å²) in [5, 5.41) is 9.16. The zero-order valence-corrected chi connectivity index (χ0v) is 9.89. The molecule has 0 bridgehead atoms. The number of aromatic hydroxyl groups is 1. The summed E-state index contributed by atoms with van der Waals surface area (Å²) in [5.41, 5.74) is -0.0730. The highest BCUT2D eigenvalue weighted by Gasteiger charge is 2.34. The zero-order chi connectivity index (χ0) is 11.6. The van der Waals surface area contributed by atoms with Gasteiger partial charge in [0.15, 0.2) is 11.5 Å². The number of nitrogens with zero attached hydrogens (tertiary/aromatic N) is 1. The minimum atomic E-state index is -4.84. The third-order valence-electron chi connectivity index (χ3n) is 1.37. The number of halogens is 5. The van der Waals surface area contributed by atoms with E-state index in [2.05, 4.69) is 9.72 Å². The van der Waals surface area contributed by atoms with E-state index in [-0.39, 0.29) is 20.9 Å². The monoisotopic (exact) mass is 353 g/mol. The van der Waals surface area contributed by atoms with E-state index in [0.717, 1.165) is 6.20 Å². The third kappa shape index (κ3) is 3.26. The van der Waals surface area contributed by atoms with Crippen LogP contribution in [0.4, 0.5) is 13.2 Å². The number of hydrogen-bond donors (Lipinski definition) is 1. The Balaban J connectivity index is 3.18. The van der Waals surface area contributed by atoms with Crippen LogP contribution in [-0.2, 0) is 5.88 Å². The maximum atomic E-state index is 12.0. The molecule has 0 aliphatic heterocycles. The van der Waals surface area contributed by atoms with Crippen LogP contribution >= 0.6 is 34.2 Å². The van der Waals surface area contributed by atoms with Gasteiger partial charge in [0.25, 0.3) is 0 Å². The Hall–Kier alpha value is -0.440. The van der Waals surface area contributed by atoms with Gasteiger partial charge in [-0.15, -0.1) is 24.8 Å². The Labute approximate surface area is 101 Å². The number of pyridine rings is 1. The average molecular weight is 353 g/mol. The smallest absolute Gasteiger partial charge is 0.505 e. The van der Waals surface area contributed by atoms with Gasteiger partial charge in [0, 0.05) is 0 Å². The molecule has 0 unspecified atom stereocenters. The molecule has 0 atom stereocenters. The molecular formula is C7H4ClF3INO2. The molecule has 1 heterocycles. The molecular weight excluding hydrogens is 349 g/mol. The third-order valence-corrected chi connectivity index (χ3v) is 2.67. The Morgan fingerprint density at radius 3 is 2.60 bits per heavy atom. The molecule has 0 radical (unpaired) electrons. The quantitative estimate of drug-likeness (QED) is 0.656. The van der Waals surface area contributed by atoms with Gasteiger partial charge in [0.05, 0.1) is 17.8 Å². The Morgan fingerprint density at radius 1 is 1.53 bits per heavy atom. The highest BCUT2D eigenvalue weighted by atomic mass is 127. The summed E-state index contributed by atoms with van der Waals surface area (Å²) < 4.78 is 39.6. The van der Waals surface area contributed by atoms with E-state index in [0.29, 0.717) is 0 Å². The summed E-state index contributed by atoms with van der Waals surface area (Å²) >= 11 is 6.91. The van der Waals surface area contributed by atoms with Crippen LogP contribution in [0.25, 0.3) is 0 Å². The van der Waals surface area contributed by atoms with Crippen LogP contribution in [0.2, 0.25) is 0 Å². The van der Waals surface area contributed by atoms with Gasteiger partial charge in [0.2, 0.25) is 0 Å². The normalized spacial score (nSPS) is 11.5. The van der Waals surface area contributed by atoms with Crippen molar-refractivity contribution in [2.24, 2.45) is 0 Å². The van der Waals surface area contributed by atoms with Crippen molar-refractivity contribution in [3.8, 4) is 11.5 Å². The average Bonchev–Trinajstić information content (AvgIpc) is 2.11. The summed E-state index contributed by atoms with van der Waals surface area (Å²) in [5.74, 6) is -1.18. The summed E-state index contributed by atoms with van der Waals surface area (Å²) in [7, 11) is 0. The lowest BCUT2D eigenvalue weighted by Gasteiger charge is -2.13. The van der Waals surface area contributed by atoms with E-state index in [1.54, 1.807) is 0 Å². The van der Waals surface area contributed by atoms with Gasteiger partial charge in [-0.2, -0.15) is 0 Å². The van der Waals surface area contributed by atoms with Crippen molar-refractivity contribution in [2.75, 3.05) is 0 Å². The predicted octanol–water partition coefficient (Wildman–Crippen LogP) is 3.03. The first-order chi connectivity index (χ1) is 6.85. The number of ether oxygens (including phenoxy) is 1. The van der Waals surface area contributed by atoms with Crippen LogP contribution in [-0.4, -0.2) is 16.5 Å². The molecule has 0 aromatic carbocycles. The Morgan fingerprint density at radius 2 is 2.13 bits per heavy atom. The van der Waals surface area contributed by atoms with E-state index in [1.165, 1.54) is 22.6 Å². The summed E-state index contributed by atoms with van der Waals surface area (Å²) in [6, 6.07) is 0. The van der Waals surface area contributed by atoms with Gasteiger partial charge in [0.1, 0.15) is 3.57 Å². The maximum absolute atomic E-state index is 12.0.